The maximum atomic E-state index is 6.39. The molecule has 0 radical (unpaired) electrons. The number of hydrogen-bond donors (Lipinski definition) is 2. The summed E-state index contributed by atoms with van der Waals surface area (Å²) in [5, 5.41) is 4.33. The quantitative estimate of drug-likeness (QED) is 0.398. The number of nitrogens with two attached hydrogens (primary N) is 1. The van der Waals surface area contributed by atoms with E-state index >= 15 is 0 Å². The number of para-hydroxylation sites is 1. The minimum atomic E-state index is 0.416. The van der Waals surface area contributed by atoms with Crippen molar-refractivity contribution in [2.75, 3.05) is 57.3 Å². The molecule has 0 spiro atoms. The molecule has 172 valence electrons. The molecule has 3 N–H and O–H groups in total. The average Bonchev–Trinajstić information content (AvgIpc) is 3.14. The van der Waals surface area contributed by atoms with Gasteiger partial charge >= 0.3 is 0 Å². The van der Waals surface area contributed by atoms with Gasteiger partial charge in [-0.2, -0.15) is 4.98 Å². The fraction of sp³-hybridized carbons (Fsp3) is 0.292. The van der Waals surface area contributed by atoms with Gasteiger partial charge < -0.3 is 30.2 Å². The molecule has 0 atom stereocenters. The maximum Gasteiger partial charge on any atom is 0.230 e. The number of aromatic nitrogens is 4. The van der Waals surface area contributed by atoms with Crippen LogP contribution in [-0.4, -0.2) is 65.8 Å². The van der Waals surface area contributed by atoms with Crippen LogP contribution in [0.2, 0.25) is 0 Å². The molecular weight excluding hydrogens is 416 g/mol. The van der Waals surface area contributed by atoms with Gasteiger partial charge in [-0.05, 0) is 26.2 Å². The summed E-state index contributed by atoms with van der Waals surface area (Å²) in [6.07, 6.45) is 3.53. The van der Waals surface area contributed by atoms with Crippen LogP contribution in [0.1, 0.15) is 0 Å². The van der Waals surface area contributed by atoms with Crippen molar-refractivity contribution in [2.24, 2.45) is 7.05 Å². The molecule has 0 aliphatic heterocycles. The van der Waals surface area contributed by atoms with Crippen LogP contribution in [0.3, 0.4) is 0 Å². The first-order chi connectivity index (χ1) is 15.9. The molecule has 0 aliphatic carbocycles. The van der Waals surface area contributed by atoms with E-state index in [2.05, 4.69) is 46.8 Å². The van der Waals surface area contributed by atoms with E-state index in [0.717, 1.165) is 35.2 Å². The SMILES string of the molecule is COc1cc(N(C)CCN(C)C)c(N)cc1Nc1ncnc(-c2cn(C)c3ccccc23)n1. The van der Waals surface area contributed by atoms with Gasteiger partial charge in [0.2, 0.25) is 5.95 Å². The van der Waals surface area contributed by atoms with Gasteiger partial charge in [-0.1, -0.05) is 18.2 Å². The van der Waals surface area contributed by atoms with Crippen LogP contribution < -0.4 is 20.7 Å². The van der Waals surface area contributed by atoms with Gasteiger partial charge in [-0.15, -0.1) is 0 Å². The summed E-state index contributed by atoms with van der Waals surface area (Å²) in [5.41, 5.74) is 10.7. The Morgan fingerprint density at radius 1 is 1.09 bits per heavy atom. The Bertz CT molecular complexity index is 1270. The highest BCUT2D eigenvalue weighted by molar-refractivity contribution is 5.94. The fourth-order valence-corrected chi connectivity index (χ4v) is 3.78. The second-order valence-electron chi connectivity index (χ2n) is 8.26. The van der Waals surface area contributed by atoms with Gasteiger partial charge in [0, 0.05) is 55.9 Å². The summed E-state index contributed by atoms with van der Waals surface area (Å²) < 4.78 is 7.70. The molecule has 0 amide bonds. The number of nitrogen functional groups attached to an aromatic ring is 1. The van der Waals surface area contributed by atoms with E-state index in [0.29, 0.717) is 28.9 Å². The molecule has 9 heteroatoms. The number of anilines is 4. The van der Waals surface area contributed by atoms with Crippen LogP contribution >= 0.6 is 0 Å². The van der Waals surface area contributed by atoms with Crippen molar-refractivity contribution in [3.8, 4) is 17.1 Å². The van der Waals surface area contributed by atoms with Crippen LogP contribution in [0, 0.1) is 0 Å². The van der Waals surface area contributed by atoms with Crippen molar-refractivity contribution in [1.29, 1.82) is 0 Å². The number of ether oxygens (including phenoxy) is 1. The van der Waals surface area contributed by atoms with Crippen molar-refractivity contribution in [3.63, 3.8) is 0 Å². The molecule has 2 aromatic carbocycles. The topological polar surface area (TPSA) is 97.4 Å². The van der Waals surface area contributed by atoms with Crippen LogP contribution in [0.25, 0.3) is 22.3 Å². The summed E-state index contributed by atoms with van der Waals surface area (Å²) in [6.45, 7) is 1.76. The predicted octanol–water partition coefficient (Wildman–Crippen LogP) is 3.36. The molecule has 0 unspecified atom stereocenters. The lowest BCUT2D eigenvalue weighted by atomic mass is 10.1. The molecular formula is C24H30N8O. The monoisotopic (exact) mass is 446 g/mol. The first kappa shape index (κ1) is 22.3. The number of hydrogen-bond acceptors (Lipinski definition) is 8. The largest absolute Gasteiger partial charge is 0.494 e. The first-order valence-corrected chi connectivity index (χ1v) is 10.7. The van der Waals surface area contributed by atoms with Crippen LogP contribution in [0.4, 0.5) is 23.0 Å². The third-order valence-electron chi connectivity index (χ3n) is 5.60. The van der Waals surface area contributed by atoms with Gasteiger partial charge in [0.05, 0.1) is 24.2 Å². The summed E-state index contributed by atoms with van der Waals surface area (Å²) in [6, 6.07) is 11.9. The molecule has 33 heavy (non-hydrogen) atoms. The Hall–Kier alpha value is -3.85. The number of nitrogens with zero attached hydrogens (tertiary/aromatic N) is 6. The molecule has 0 aliphatic rings. The normalized spacial score (nSPS) is 11.2. The Kier molecular flexibility index (Phi) is 6.32. The number of methoxy groups -OCH3 is 1. The van der Waals surface area contributed by atoms with Gasteiger partial charge in [0.15, 0.2) is 5.82 Å². The van der Waals surface area contributed by atoms with E-state index in [1.54, 1.807) is 7.11 Å². The van der Waals surface area contributed by atoms with Gasteiger partial charge in [-0.3, -0.25) is 0 Å². The lowest BCUT2D eigenvalue weighted by molar-refractivity contribution is 0.413. The number of nitrogens with one attached hydrogen (secondary N) is 1. The van der Waals surface area contributed by atoms with Crippen molar-refractivity contribution < 1.29 is 4.74 Å². The molecule has 2 aromatic heterocycles. The van der Waals surface area contributed by atoms with Crippen LogP contribution in [0.5, 0.6) is 5.75 Å². The smallest absolute Gasteiger partial charge is 0.230 e. The summed E-state index contributed by atoms with van der Waals surface area (Å²) in [4.78, 5) is 17.6. The standard InChI is InChI=1S/C24H30N8O/c1-30(2)10-11-31(3)21-13-22(33-5)19(12-18(21)25)28-24-27-15-26-23(29-24)17-14-32(4)20-9-7-6-8-16(17)20/h6-9,12-15H,10-11,25H2,1-5H3,(H,26,27,28,29). The maximum absolute atomic E-state index is 6.39. The van der Waals surface area contributed by atoms with E-state index in [9.17, 15) is 0 Å². The lowest BCUT2D eigenvalue weighted by Gasteiger charge is -2.24. The molecule has 2 heterocycles. The van der Waals surface area contributed by atoms with Crippen molar-refractivity contribution in [2.45, 2.75) is 0 Å². The van der Waals surface area contributed by atoms with Gasteiger partial charge in [0.25, 0.3) is 0 Å². The third kappa shape index (κ3) is 4.68. The fourth-order valence-electron chi connectivity index (χ4n) is 3.78. The molecule has 0 saturated heterocycles. The number of fused-ring (bicyclic) bond motifs is 1. The van der Waals surface area contributed by atoms with Crippen molar-refractivity contribution in [1.82, 2.24) is 24.4 Å². The van der Waals surface area contributed by atoms with Crippen molar-refractivity contribution in [3.05, 3.63) is 48.9 Å². The number of aryl methyl sites for hydroxylation is 1. The van der Waals surface area contributed by atoms with E-state index < -0.39 is 0 Å². The first-order valence-electron chi connectivity index (χ1n) is 10.7. The molecule has 0 bridgehead atoms. The Morgan fingerprint density at radius 2 is 1.88 bits per heavy atom. The predicted molar refractivity (Wildman–Crippen MR) is 134 cm³/mol. The zero-order chi connectivity index (χ0) is 23.5. The zero-order valence-corrected chi connectivity index (χ0v) is 19.7. The zero-order valence-electron chi connectivity index (χ0n) is 19.7. The second-order valence-corrected chi connectivity index (χ2v) is 8.26. The number of rotatable bonds is 8. The average molecular weight is 447 g/mol. The molecule has 4 rings (SSSR count). The summed E-state index contributed by atoms with van der Waals surface area (Å²) >= 11 is 0. The summed E-state index contributed by atoms with van der Waals surface area (Å²) in [5.74, 6) is 1.67. The van der Waals surface area contributed by atoms with Gasteiger partial charge in [0.1, 0.15) is 12.1 Å². The summed E-state index contributed by atoms with van der Waals surface area (Å²) in [7, 11) is 9.76. The molecule has 9 nitrogen and oxygen atoms in total. The van der Waals surface area contributed by atoms with Crippen molar-refractivity contribution >= 4 is 33.9 Å². The third-order valence-corrected chi connectivity index (χ3v) is 5.60. The molecule has 0 fully saturated rings. The van der Waals surface area contributed by atoms with E-state index in [4.69, 9.17) is 10.5 Å². The van der Waals surface area contributed by atoms with Crippen LogP contribution in [0.15, 0.2) is 48.9 Å². The highest BCUT2D eigenvalue weighted by Crippen LogP contribution is 2.36. The lowest BCUT2D eigenvalue weighted by Crippen LogP contribution is -2.29. The van der Waals surface area contributed by atoms with E-state index in [1.165, 1.54) is 6.33 Å². The number of likely N-dealkylation sites (N-methyl/N-ethyl adjacent to an activating group) is 2. The van der Waals surface area contributed by atoms with Gasteiger partial charge in [-0.25, -0.2) is 9.97 Å². The van der Waals surface area contributed by atoms with Crippen LogP contribution in [-0.2, 0) is 7.05 Å². The highest BCUT2D eigenvalue weighted by atomic mass is 16.5. The molecule has 0 saturated carbocycles. The second kappa shape index (κ2) is 9.33. The Labute approximate surface area is 193 Å². The number of benzene rings is 2. The highest BCUT2D eigenvalue weighted by Gasteiger charge is 2.15. The van der Waals surface area contributed by atoms with E-state index in [-0.39, 0.29) is 0 Å². The molecule has 4 aromatic rings. The Morgan fingerprint density at radius 3 is 2.64 bits per heavy atom. The minimum absolute atomic E-state index is 0.416. The minimum Gasteiger partial charge on any atom is -0.494 e. The Balaban J connectivity index is 1.63. The van der Waals surface area contributed by atoms with E-state index in [1.807, 2.05) is 58.7 Å².